The molecule has 1 aliphatic rings. The van der Waals surface area contributed by atoms with E-state index in [4.69, 9.17) is 32.7 Å². The van der Waals surface area contributed by atoms with Gasteiger partial charge in [0.05, 0.1) is 10.4 Å². The van der Waals surface area contributed by atoms with Crippen LogP contribution in [-0.4, -0.2) is 29.2 Å². The quantitative estimate of drug-likeness (QED) is 0.798. The highest BCUT2D eigenvalue weighted by Gasteiger charge is 2.42. The maximum atomic E-state index is 6.17. The fourth-order valence-electron chi connectivity index (χ4n) is 2.42. The molecule has 2 aromatic rings. The standard InChI is InChI=1S/C15H15Cl2NO2/c1-2-19-15-11(17)8-13(15)20-12-6-5-10(16)9-4-3-7-18-14(9)12/h3-7,11,13,15H,2,8H2,1H3. The smallest absolute Gasteiger partial charge is 0.146 e. The zero-order valence-corrected chi connectivity index (χ0v) is 12.6. The summed E-state index contributed by atoms with van der Waals surface area (Å²) in [5, 5.41) is 1.58. The van der Waals surface area contributed by atoms with Gasteiger partial charge in [-0.1, -0.05) is 11.6 Å². The number of pyridine rings is 1. The number of benzene rings is 1. The van der Waals surface area contributed by atoms with Gasteiger partial charge in [-0.2, -0.15) is 0 Å². The van der Waals surface area contributed by atoms with Crippen molar-refractivity contribution in [3.63, 3.8) is 0 Å². The molecule has 0 N–H and O–H groups in total. The Kier molecular flexibility index (Phi) is 4.01. The van der Waals surface area contributed by atoms with Crippen molar-refractivity contribution >= 4 is 34.1 Å². The van der Waals surface area contributed by atoms with E-state index >= 15 is 0 Å². The first-order chi connectivity index (χ1) is 9.70. The molecule has 1 aromatic carbocycles. The molecule has 0 aliphatic heterocycles. The van der Waals surface area contributed by atoms with Crippen molar-refractivity contribution in [3.05, 3.63) is 35.5 Å². The van der Waals surface area contributed by atoms with Gasteiger partial charge < -0.3 is 9.47 Å². The summed E-state index contributed by atoms with van der Waals surface area (Å²) in [6.45, 7) is 2.59. The third-order valence-corrected chi connectivity index (χ3v) is 4.25. The lowest BCUT2D eigenvalue weighted by atomic mass is 9.91. The highest BCUT2D eigenvalue weighted by atomic mass is 35.5. The summed E-state index contributed by atoms with van der Waals surface area (Å²) in [7, 11) is 0. The van der Waals surface area contributed by atoms with Crippen molar-refractivity contribution in [2.75, 3.05) is 6.61 Å². The lowest BCUT2D eigenvalue weighted by molar-refractivity contribution is -0.0755. The van der Waals surface area contributed by atoms with Crippen LogP contribution in [0.5, 0.6) is 5.75 Å². The van der Waals surface area contributed by atoms with Crippen molar-refractivity contribution in [2.24, 2.45) is 0 Å². The van der Waals surface area contributed by atoms with Crippen LogP contribution in [0.3, 0.4) is 0 Å². The number of rotatable bonds is 4. The number of alkyl halides is 1. The molecule has 0 radical (unpaired) electrons. The zero-order valence-electron chi connectivity index (χ0n) is 11.1. The summed E-state index contributed by atoms with van der Waals surface area (Å²) in [5.41, 5.74) is 0.772. The van der Waals surface area contributed by atoms with E-state index in [1.54, 1.807) is 6.20 Å². The molecule has 3 rings (SSSR count). The first-order valence-corrected chi connectivity index (χ1v) is 7.47. The van der Waals surface area contributed by atoms with Crippen molar-refractivity contribution in [3.8, 4) is 5.75 Å². The number of nitrogens with zero attached hydrogens (tertiary/aromatic N) is 1. The summed E-state index contributed by atoms with van der Waals surface area (Å²) in [5.74, 6) is 0.725. The molecule has 1 aliphatic carbocycles. The Bertz CT molecular complexity index is 620. The lowest BCUT2D eigenvalue weighted by Crippen LogP contribution is -2.52. The van der Waals surface area contributed by atoms with Gasteiger partial charge in [0.25, 0.3) is 0 Å². The molecule has 20 heavy (non-hydrogen) atoms. The molecule has 3 unspecified atom stereocenters. The van der Waals surface area contributed by atoms with Crippen molar-refractivity contribution in [2.45, 2.75) is 30.9 Å². The number of aromatic nitrogens is 1. The molecule has 3 atom stereocenters. The fourth-order valence-corrected chi connectivity index (χ4v) is 3.04. The van der Waals surface area contributed by atoms with Gasteiger partial charge in [-0.05, 0) is 31.2 Å². The Balaban J connectivity index is 1.87. The Morgan fingerprint density at radius 1 is 1.35 bits per heavy atom. The van der Waals surface area contributed by atoms with E-state index in [2.05, 4.69) is 4.98 Å². The van der Waals surface area contributed by atoms with Crippen LogP contribution in [0.1, 0.15) is 13.3 Å². The number of hydrogen-bond donors (Lipinski definition) is 0. The first kappa shape index (κ1) is 13.9. The largest absolute Gasteiger partial charge is 0.485 e. The van der Waals surface area contributed by atoms with Crippen LogP contribution >= 0.6 is 23.2 Å². The summed E-state index contributed by atoms with van der Waals surface area (Å²) < 4.78 is 11.6. The van der Waals surface area contributed by atoms with Crippen LogP contribution in [0.25, 0.3) is 10.9 Å². The molecule has 1 saturated carbocycles. The second-order valence-electron chi connectivity index (χ2n) is 4.77. The highest BCUT2D eigenvalue weighted by molar-refractivity contribution is 6.35. The van der Waals surface area contributed by atoms with Crippen molar-refractivity contribution in [1.82, 2.24) is 4.98 Å². The molecule has 0 saturated heterocycles. The zero-order chi connectivity index (χ0) is 14.1. The Labute approximate surface area is 127 Å². The lowest BCUT2D eigenvalue weighted by Gasteiger charge is -2.40. The minimum Gasteiger partial charge on any atom is -0.485 e. The van der Waals surface area contributed by atoms with E-state index < -0.39 is 0 Å². The normalized spacial score (nSPS) is 25.4. The molecule has 1 aromatic heterocycles. The van der Waals surface area contributed by atoms with Gasteiger partial charge >= 0.3 is 0 Å². The van der Waals surface area contributed by atoms with E-state index in [9.17, 15) is 0 Å². The van der Waals surface area contributed by atoms with Crippen LogP contribution in [-0.2, 0) is 4.74 Å². The maximum Gasteiger partial charge on any atom is 0.146 e. The number of halogens is 2. The fraction of sp³-hybridized carbons (Fsp3) is 0.400. The predicted molar refractivity (Wildman–Crippen MR) is 80.8 cm³/mol. The second kappa shape index (κ2) is 5.76. The number of fused-ring (bicyclic) bond motifs is 1. The molecule has 5 heteroatoms. The van der Waals surface area contributed by atoms with E-state index in [1.165, 1.54) is 0 Å². The Morgan fingerprint density at radius 3 is 2.95 bits per heavy atom. The SMILES string of the molecule is CCOC1C(Cl)CC1Oc1ccc(Cl)c2cccnc12. The van der Waals surface area contributed by atoms with Gasteiger partial charge in [-0.25, -0.2) is 0 Å². The summed E-state index contributed by atoms with van der Waals surface area (Å²) in [6, 6.07) is 7.47. The molecule has 3 nitrogen and oxygen atoms in total. The minimum atomic E-state index is -0.0592. The Morgan fingerprint density at radius 2 is 2.20 bits per heavy atom. The average Bonchev–Trinajstić information content (AvgIpc) is 2.47. The van der Waals surface area contributed by atoms with Gasteiger partial charge in [-0.3, -0.25) is 4.98 Å². The molecule has 0 spiro atoms. The first-order valence-electron chi connectivity index (χ1n) is 6.66. The molecule has 1 fully saturated rings. The van der Waals surface area contributed by atoms with Gasteiger partial charge in [0.1, 0.15) is 23.5 Å². The predicted octanol–water partition coefficient (Wildman–Crippen LogP) is 4.05. The van der Waals surface area contributed by atoms with E-state index in [1.807, 2.05) is 31.2 Å². The number of hydrogen-bond acceptors (Lipinski definition) is 3. The second-order valence-corrected chi connectivity index (χ2v) is 5.74. The highest BCUT2D eigenvalue weighted by Crippen LogP contribution is 2.36. The summed E-state index contributed by atoms with van der Waals surface area (Å²) in [6.07, 6.45) is 2.43. The monoisotopic (exact) mass is 311 g/mol. The summed E-state index contributed by atoms with van der Waals surface area (Å²) in [4.78, 5) is 4.36. The van der Waals surface area contributed by atoms with Crippen molar-refractivity contribution < 1.29 is 9.47 Å². The van der Waals surface area contributed by atoms with Crippen LogP contribution < -0.4 is 4.74 Å². The third-order valence-electron chi connectivity index (χ3n) is 3.50. The molecular weight excluding hydrogens is 297 g/mol. The summed E-state index contributed by atoms with van der Waals surface area (Å²) >= 11 is 12.3. The van der Waals surface area contributed by atoms with Crippen molar-refractivity contribution in [1.29, 1.82) is 0 Å². The maximum absolute atomic E-state index is 6.17. The molecule has 0 bridgehead atoms. The van der Waals surface area contributed by atoms with E-state index in [0.717, 1.165) is 23.1 Å². The van der Waals surface area contributed by atoms with E-state index in [0.29, 0.717) is 11.6 Å². The van der Waals surface area contributed by atoms with Gasteiger partial charge in [0.15, 0.2) is 0 Å². The average molecular weight is 312 g/mol. The number of ether oxygens (including phenoxy) is 2. The molecule has 0 amide bonds. The van der Waals surface area contributed by atoms with Gasteiger partial charge in [0, 0.05) is 24.6 Å². The van der Waals surface area contributed by atoms with Crippen LogP contribution in [0.2, 0.25) is 5.02 Å². The molecule has 1 heterocycles. The van der Waals surface area contributed by atoms with Crippen LogP contribution in [0.4, 0.5) is 0 Å². The van der Waals surface area contributed by atoms with Crippen LogP contribution in [0.15, 0.2) is 30.5 Å². The minimum absolute atomic E-state index is 0.0199. The molecule has 106 valence electrons. The molecular formula is C15H15Cl2NO2. The topological polar surface area (TPSA) is 31.4 Å². The van der Waals surface area contributed by atoms with Gasteiger partial charge in [0.2, 0.25) is 0 Å². The van der Waals surface area contributed by atoms with E-state index in [-0.39, 0.29) is 17.6 Å². The van der Waals surface area contributed by atoms with Gasteiger partial charge in [-0.15, -0.1) is 11.6 Å². The van der Waals surface area contributed by atoms with Crippen LogP contribution in [0, 0.1) is 0 Å². The third kappa shape index (κ3) is 2.46. The Hall–Kier alpha value is -1.03.